The molecule has 0 spiro atoms. The van der Waals surface area contributed by atoms with Crippen molar-refractivity contribution in [2.45, 2.75) is 63.3 Å². The highest BCUT2D eigenvalue weighted by Gasteiger charge is 2.36. The van der Waals surface area contributed by atoms with Gasteiger partial charge in [-0.2, -0.15) is 0 Å². The van der Waals surface area contributed by atoms with Gasteiger partial charge in [0.25, 0.3) is 0 Å². The van der Waals surface area contributed by atoms with Crippen molar-refractivity contribution in [1.82, 2.24) is 10.2 Å². The van der Waals surface area contributed by atoms with Gasteiger partial charge in [0, 0.05) is 30.5 Å². The normalized spacial score (nSPS) is 20.1. The van der Waals surface area contributed by atoms with Crippen LogP contribution in [0.15, 0.2) is 45.1 Å². The van der Waals surface area contributed by atoms with Crippen molar-refractivity contribution in [2.75, 3.05) is 13.2 Å². The number of hydrogen-bond acceptors (Lipinski definition) is 6. The molecule has 30 heavy (non-hydrogen) atoms. The Balaban J connectivity index is 1.67. The first-order chi connectivity index (χ1) is 14.5. The second-order valence-corrected chi connectivity index (χ2v) is 9.09. The molecule has 7 heteroatoms. The Hall–Kier alpha value is -2.41. The van der Waals surface area contributed by atoms with E-state index in [4.69, 9.17) is 15.5 Å². The molecule has 3 N–H and O–H groups in total. The Morgan fingerprint density at radius 3 is 2.93 bits per heavy atom. The third-order valence-corrected chi connectivity index (χ3v) is 7.11. The molecule has 3 aliphatic heterocycles. The fourth-order valence-electron chi connectivity index (χ4n) is 4.13. The number of aliphatic imine (C=N–C) groups is 1. The minimum absolute atomic E-state index is 0.0469. The number of nitrogens with one attached hydrogen (secondary N) is 1. The maximum absolute atomic E-state index is 11.5. The lowest BCUT2D eigenvalue weighted by molar-refractivity contribution is -0.118. The first-order valence-electron chi connectivity index (χ1n) is 10.7. The van der Waals surface area contributed by atoms with E-state index in [9.17, 15) is 4.79 Å². The molecule has 1 unspecified atom stereocenters. The third kappa shape index (κ3) is 4.08. The monoisotopic (exact) mass is 426 g/mol. The van der Waals surface area contributed by atoms with Crippen LogP contribution in [0.25, 0.3) is 0 Å². The fraction of sp³-hybridized carbons (Fsp3) is 0.478. The first kappa shape index (κ1) is 20.8. The van der Waals surface area contributed by atoms with Crippen molar-refractivity contribution >= 4 is 23.5 Å². The molecule has 0 aliphatic carbocycles. The average Bonchev–Trinajstić information content (AvgIpc) is 3.28. The van der Waals surface area contributed by atoms with Gasteiger partial charge in [0.2, 0.25) is 5.91 Å². The molecule has 1 aromatic rings. The van der Waals surface area contributed by atoms with Crippen molar-refractivity contribution in [1.29, 1.82) is 0 Å². The van der Waals surface area contributed by atoms with Crippen molar-refractivity contribution in [3.05, 3.63) is 46.3 Å². The molecule has 0 saturated carbocycles. The molecule has 1 saturated heterocycles. The SMILES string of the molecule is CCC1=CN=C2C(=C(C)C1)NC(Sc1cc3c(cc1CC)CCO3)N2CCC(N)=O. The van der Waals surface area contributed by atoms with Gasteiger partial charge in [-0.25, -0.2) is 4.99 Å². The van der Waals surface area contributed by atoms with Crippen LogP contribution >= 0.6 is 11.8 Å². The molecule has 6 nitrogen and oxygen atoms in total. The molecule has 1 amide bonds. The zero-order valence-corrected chi connectivity index (χ0v) is 18.8. The molecule has 3 aliphatic rings. The van der Waals surface area contributed by atoms with Gasteiger partial charge in [0.05, 0.1) is 12.3 Å². The lowest BCUT2D eigenvalue weighted by Crippen LogP contribution is -2.37. The minimum Gasteiger partial charge on any atom is -0.493 e. The number of amidine groups is 1. The van der Waals surface area contributed by atoms with Crippen LogP contribution in [0.4, 0.5) is 0 Å². The summed E-state index contributed by atoms with van der Waals surface area (Å²) < 4.78 is 5.81. The summed E-state index contributed by atoms with van der Waals surface area (Å²) in [5, 5.41) is 3.68. The van der Waals surface area contributed by atoms with Crippen LogP contribution in [0, 0.1) is 0 Å². The Morgan fingerprint density at radius 2 is 2.20 bits per heavy atom. The number of ether oxygens (including phenoxy) is 1. The molecule has 4 rings (SSSR count). The third-order valence-electron chi connectivity index (χ3n) is 5.88. The number of benzene rings is 1. The van der Waals surface area contributed by atoms with E-state index in [1.165, 1.54) is 27.2 Å². The number of nitrogens with two attached hydrogens (primary N) is 1. The van der Waals surface area contributed by atoms with Crippen molar-refractivity contribution < 1.29 is 9.53 Å². The highest BCUT2D eigenvalue weighted by molar-refractivity contribution is 8.00. The second kappa shape index (κ2) is 8.76. The van der Waals surface area contributed by atoms with Crippen molar-refractivity contribution in [3.8, 4) is 5.75 Å². The molecule has 3 heterocycles. The molecule has 1 fully saturated rings. The molecule has 1 aromatic carbocycles. The maximum atomic E-state index is 11.5. The highest BCUT2D eigenvalue weighted by Crippen LogP contribution is 2.39. The average molecular weight is 427 g/mol. The number of allylic oxidation sites excluding steroid dienone is 2. The van der Waals surface area contributed by atoms with Crippen LogP contribution in [0.2, 0.25) is 0 Å². The van der Waals surface area contributed by atoms with Gasteiger partial charge < -0.3 is 20.7 Å². The van der Waals surface area contributed by atoms with Crippen LogP contribution in [0.3, 0.4) is 0 Å². The predicted molar refractivity (Wildman–Crippen MR) is 121 cm³/mol. The largest absolute Gasteiger partial charge is 0.493 e. The van der Waals surface area contributed by atoms with E-state index in [2.05, 4.69) is 43.1 Å². The Labute approximate surface area is 182 Å². The number of carbonyl (C=O) groups excluding carboxylic acids is 1. The van der Waals surface area contributed by atoms with Crippen molar-refractivity contribution in [3.63, 3.8) is 0 Å². The van der Waals surface area contributed by atoms with E-state index in [0.717, 1.165) is 49.6 Å². The van der Waals surface area contributed by atoms with E-state index in [-0.39, 0.29) is 11.4 Å². The van der Waals surface area contributed by atoms with Gasteiger partial charge in [0.1, 0.15) is 5.75 Å². The second-order valence-electron chi connectivity index (χ2n) is 7.97. The fourth-order valence-corrected chi connectivity index (χ4v) is 5.41. The summed E-state index contributed by atoms with van der Waals surface area (Å²) in [6.07, 6.45) is 6.13. The number of nitrogens with zero attached hydrogens (tertiary/aromatic N) is 2. The van der Waals surface area contributed by atoms with Crippen LogP contribution in [0.5, 0.6) is 5.75 Å². The minimum atomic E-state index is -0.299. The first-order valence-corrected chi connectivity index (χ1v) is 11.6. The molecule has 0 aromatic heterocycles. The summed E-state index contributed by atoms with van der Waals surface area (Å²) in [6.45, 7) is 7.80. The number of rotatable bonds is 7. The number of hydrogen-bond donors (Lipinski definition) is 2. The molecule has 0 radical (unpaired) electrons. The Bertz CT molecular complexity index is 951. The molecular formula is C23H30N4O2S. The van der Waals surface area contributed by atoms with Crippen LogP contribution in [-0.2, 0) is 17.6 Å². The molecule has 1 atom stereocenters. The van der Waals surface area contributed by atoms with E-state index in [1.807, 2.05) is 6.20 Å². The summed E-state index contributed by atoms with van der Waals surface area (Å²) >= 11 is 1.76. The van der Waals surface area contributed by atoms with E-state index in [1.54, 1.807) is 11.8 Å². The van der Waals surface area contributed by atoms with Gasteiger partial charge in [-0.3, -0.25) is 4.79 Å². The van der Waals surface area contributed by atoms with E-state index in [0.29, 0.717) is 13.0 Å². The van der Waals surface area contributed by atoms with Gasteiger partial charge in [0.15, 0.2) is 11.3 Å². The smallest absolute Gasteiger partial charge is 0.219 e. The van der Waals surface area contributed by atoms with Gasteiger partial charge in [-0.15, -0.1) is 0 Å². The lowest BCUT2D eigenvalue weighted by Gasteiger charge is -2.25. The maximum Gasteiger partial charge on any atom is 0.219 e. The molecule has 160 valence electrons. The zero-order valence-electron chi connectivity index (χ0n) is 18.0. The van der Waals surface area contributed by atoms with Crippen molar-refractivity contribution in [2.24, 2.45) is 10.7 Å². The van der Waals surface area contributed by atoms with Gasteiger partial charge in [-0.1, -0.05) is 31.7 Å². The molecular weight excluding hydrogens is 396 g/mol. The summed E-state index contributed by atoms with van der Waals surface area (Å²) in [5.41, 5.74) is 11.7. The van der Waals surface area contributed by atoms with Crippen LogP contribution in [0.1, 0.15) is 51.2 Å². The number of thioether (sulfide) groups is 1. The Kier molecular flexibility index (Phi) is 6.09. The number of fused-ring (bicyclic) bond motifs is 2. The Morgan fingerprint density at radius 1 is 1.37 bits per heavy atom. The van der Waals surface area contributed by atoms with Gasteiger partial charge >= 0.3 is 0 Å². The quantitative estimate of drug-likeness (QED) is 0.695. The van der Waals surface area contributed by atoms with E-state index >= 15 is 0 Å². The highest BCUT2D eigenvalue weighted by atomic mass is 32.2. The standard InChI is InChI=1S/C23H30N4O2S/c1-4-15-10-14(3)21-22(25-13-15)27(8-6-20(24)28)23(26-21)30-19-12-18-17(7-9-29-18)11-16(19)5-2/h11-13,23,26H,4-10H2,1-3H3,(H2,24,28). The van der Waals surface area contributed by atoms with Crippen LogP contribution in [-0.4, -0.2) is 35.3 Å². The summed E-state index contributed by atoms with van der Waals surface area (Å²) in [6, 6.07) is 4.45. The molecule has 0 bridgehead atoms. The summed E-state index contributed by atoms with van der Waals surface area (Å²) in [5.74, 6) is 1.60. The number of primary amides is 1. The summed E-state index contributed by atoms with van der Waals surface area (Å²) in [7, 11) is 0. The zero-order chi connectivity index (χ0) is 21.3. The number of aryl methyl sites for hydroxylation is 1. The topological polar surface area (TPSA) is 80.0 Å². The number of amides is 1. The van der Waals surface area contributed by atoms with E-state index < -0.39 is 0 Å². The summed E-state index contributed by atoms with van der Waals surface area (Å²) in [4.78, 5) is 19.7. The lowest BCUT2D eigenvalue weighted by atomic mass is 10.0. The van der Waals surface area contributed by atoms with Gasteiger partial charge in [-0.05, 0) is 54.5 Å². The van der Waals surface area contributed by atoms with Crippen LogP contribution < -0.4 is 15.8 Å². The number of carbonyl (C=O) groups is 1. The predicted octanol–water partition coefficient (Wildman–Crippen LogP) is 3.71.